The van der Waals surface area contributed by atoms with E-state index in [1.807, 2.05) is 0 Å². The van der Waals surface area contributed by atoms with Gasteiger partial charge in [-0.05, 0) is 53.6 Å². The Labute approximate surface area is 122 Å². The normalized spacial score (nSPS) is 27.0. The maximum absolute atomic E-state index is 12.5. The number of rotatable bonds is 3. The number of nitrogens with zero attached hydrogens (tertiary/aromatic N) is 1. The number of carbonyl (C=O) groups excluding carboxylic acids is 1. The standard InChI is InChI=1S/C14H20BrN3O/c1-10-2-5-14(9-16,6-3-10)13(19)18-12-4-7-17-8-11(12)15/h4,7-8,10H,2-3,5-6,9,16H2,1H3,(H,17,18,19). The van der Waals surface area contributed by atoms with Crippen molar-refractivity contribution in [2.24, 2.45) is 17.1 Å². The molecule has 1 heterocycles. The summed E-state index contributed by atoms with van der Waals surface area (Å²) in [7, 11) is 0. The number of nitrogens with one attached hydrogen (secondary N) is 1. The van der Waals surface area contributed by atoms with Gasteiger partial charge in [0.25, 0.3) is 0 Å². The number of halogens is 1. The van der Waals surface area contributed by atoms with E-state index in [0.29, 0.717) is 12.5 Å². The third-order valence-electron chi connectivity index (χ3n) is 4.12. The third kappa shape index (κ3) is 3.15. The molecule has 0 unspecified atom stereocenters. The Balaban J connectivity index is 2.12. The van der Waals surface area contributed by atoms with Crippen LogP contribution in [0.1, 0.15) is 32.6 Å². The molecule has 0 spiro atoms. The average molecular weight is 326 g/mol. The summed E-state index contributed by atoms with van der Waals surface area (Å²) in [6.07, 6.45) is 7.23. The smallest absolute Gasteiger partial charge is 0.231 e. The van der Waals surface area contributed by atoms with Gasteiger partial charge in [0.1, 0.15) is 0 Å². The van der Waals surface area contributed by atoms with Gasteiger partial charge in [0.2, 0.25) is 5.91 Å². The molecule has 5 heteroatoms. The number of pyridine rings is 1. The highest BCUT2D eigenvalue weighted by Gasteiger charge is 2.39. The topological polar surface area (TPSA) is 68.0 Å². The van der Waals surface area contributed by atoms with Crippen LogP contribution >= 0.6 is 15.9 Å². The van der Waals surface area contributed by atoms with Crippen molar-refractivity contribution in [3.05, 3.63) is 22.9 Å². The van der Waals surface area contributed by atoms with Gasteiger partial charge >= 0.3 is 0 Å². The highest BCUT2D eigenvalue weighted by atomic mass is 79.9. The molecule has 3 N–H and O–H groups in total. The summed E-state index contributed by atoms with van der Waals surface area (Å²) in [5.41, 5.74) is 6.24. The second-order valence-corrected chi connectivity index (χ2v) is 6.33. The highest BCUT2D eigenvalue weighted by molar-refractivity contribution is 9.10. The predicted octanol–water partition coefficient (Wildman–Crippen LogP) is 2.94. The van der Waals surface area contributed by atoms with Crippen LogP contribution in [0.25, 0.3) is 0 Å². The van der Waals surface area contributed by atoms with Crippen LogP contribution < -0.4 is 11.1 Å². The maximum atomic E-state index is 12.5. The van der Waals surface area contributed by atoms with Gasteiger partial charge in [0.15, 0.2) is 0 Å². The Morgan fingerprint density at radius 1 is 1.58 bits per heavy atom. The summed E-state index contributed by atoms with van der Waals surface area (Å²) in [4.78, 5) is 16.5. The molecule has 1 aliphatic carbocycles. The lowest BCUT2D eigenvalue weighted by atomic mass is 9.70. The number of aromatic nitrogens is 1. The molecule has 2 rings (SSSR count). The van der Waals surface area contributed by atoms with Crippen LogP contribution in [0.2, 0.25) is 0 Å². The van der Waals surface area contributed by atoms with Crippen molar-refractivity contribution >= 4 is 27.5 Å². The average Bonchev–Trinajstić information content (AvgIpc) is 2.42. The molecular formula is C14H20BrN3O. The third-order valence-corrected chi connectivity index (χ3v) is 4.76. The number of nitrogens with two attached hydrogens (primary N) is 1. The van der Waals surface area contributed by atoms with Gasteiger partial charge in [0, 0.05) is 18.9 Å². The first-order valence-electron chi connectivity index (χ1n) is 6.68. The maximum Gasteiger partial charge on any atom is 0.231 e. The van der Waals surface area contributed by atoms with E-state index < -0.39 is 5.41 Å². The number of anilines is 1. The minimum Gasteiger partial charge on any atom is -0.329 e. The van der Waals surface area contributed by atoms with Crippen molar-refractivity contribution in [1.29, 1.82) is 0 Å². The van der Waals surface area contributed by atoms with Crippen LogP contribution in [-0.4, -0.2) is 17.4 Å². The molecule has 1 saturated carbocycles. The van der Waals surface area contributed by atoms with Crippen molar-refractivity contribution in [1.82, 2.24) is 4.98 Å². The van der Waals surface area contributed by atoms with E-state index in [1.165, 1.54) is 0 Å². The summed E-state index contributed by atoms with van der Waals surface area (Å²) in [5.74, 6) is 0.730. The van der Waals surface area contributed by atoms with Crippen LogP contribution in [-0.2, 0) is 4.79 Å². The van der Waals surface area contributed by atoms with Gasteiger partial charge in [-0.15, -0.1) is 0 Å². The lowest BCUT2D eigenvalue weighted by Crippen LogP contribution is -2.44. The van der Waals surface area contributed by atoms with Crippen LogP contribution in [0.4, 0.5) is 5.69 Å². The predicted molar refractivity (Wildman–Crippen MR) is 79.7 cm³/mol. The number of hydrogen-bond donors (Lipinski definition) is 2. The summed E-state index contributed by atoms with van der Waals surface area (Å²) in [6, 6.07) is 1.79. The first-order valence-corrected chi connectivity index (χ1v) is 7.48. The van der Waals surface area contributed by atoms with Crippen molar-refractivity contribution in [3.8, 4) is 0 Å². The first-order chi connectivity index (χ1) is 9.07. The Morgan fingerprint density at radius 3 is 2.84 bits per heavy atom. The van der Waals surface area contributed by atoms with E-state index >= 15 is 0 Å². The quantitative estimate of drug-likeness (QED) is 0.897. The van der Waals surface area contributed by atoms with E-state index in [0.717, 1.165) is 35.8 Å². The Kier molecular flexibility index (Phi) is 4.58. The molecule has 0 aliphatic heterocycles. The van der Waals surface area contributed by atoms with Gasteiger partial charge in [-0.1, -0.05) is 6.92 Å². The monoisotopic (exact) mass is 325 g/mol. The fourth-order valence-electron chi connectivity index (χ4n) is 2.57. The molecule has 104 valence electrons. The highest BCUT2D eigenvalue weighted by Crippen LogP contribution is 2.39. The van der Waals surface area contributed by atoms with Gasteiger partial charge in [-0.25, -0.2) is 0 Å². The van der Waals surface area contributed by atoms with Gasteiger partial charge < -0.3 is 11.1 Å². The molecule has 1 aromatic heterocycles. The van der Waals surface area contributed by atoms with Gasteiger partial charge in [0.05, 0.1) is 15.6 Å². The Morgan fingerprint density at radius 2 is 2.26 bits per heavy atom. The Bertz CT molecular complexity index is 456. The SMILES string of the molecule is CC1CCC(CN)(C(=O)Nc2ccncc2Br)CC1. The van der Waals surface area contributed by atoms with Crippen LogP contribution in [0, 0.1) is 11.3 Å². The zero-order valence-electron chi connectivity index (χ0n) is 11.2. The molecule has 1 amide bonds. The fraction of sp³-hybridized carbons (Fsp3) is 0.571. The van der Waals surface area contributed by atoms with Crippen molar-refractivity contribution in [3.63, 3.8) is 0 Å². The zero-order valence-corrected chi connectivity index (χ0v) is 12.7. The van der Waals surface area contributed by atoms with Crippen molar-refractivity contribution in [2.75, 3.05) is 11.9 Å². The van der Waals surface area contributed by atoms with Gasteiger partial charge in [-0.2, -0.15) is 0 Å². The molecule has 0 atom stereocenters. The molecule has 1 aromatic rings. The van der Waals surface area contributed by atoms with Crippen LogP contribution in [0.5, 0.6) is 0 Å². The lowest BCUT2D eigenvalue weighted by Gasteiger charge is -2.37. The van der Waals surface area contributed by atoms with Crippen molar-refractivity contribution < 1.29 is 4.79 Å². The minimum absolute atomic E-state index is 0.0359. The van der Waals surface area contributed by atoms with Gasteiger partial charge in [-0.3, -0.25) is 9.78 Å². The first kappa shape index (κ1) is 14.5. The Hall–Kier alpha value is -0.940. The van der Waals surface area contributed by atoms with E-state index in [-0.39, 0.29) is 5.91 Å². The zero-order chi connectivity index (χ0) is 13.9. The molecule has 4 nitrogen and oxygen atoms in total. The molecule has 19 heavy (non-hydrogen) atoms. The van der Waals surface area contributed by atoms with E-state index in [2.05, 4.69) is 33.2 Å². The van der Waals surface area contributed by atoms with Crippen LogP contribution in [0.15, 0.2) is 22.9 Å². The summed E-state index contributed by atoms with van der Waals surface area (Å²) in [6.45, 7) is 2.64. The van der Waals surface area contributed by atoms with E-state index in [9.17, 15) is 4.79 Å². The van der Waals surface area contributed by atoms with Crippen molar-refractivity contribution in [2.45, 2.75) is 32.6 Å². The van der Waals surface area contributed by atoms with E-state index in [1.54, 1.807) is 18.5 Å². The molecule has 0 bridgehead atoms. The van der Waals surface area contributed by atoms with E-state index in [4.69, 9.17) is 5.73 Å². The molecule has 0 radical (unpaired) electrons. The number of carbonyl (C=O) groups is 1. The number of amides is 1. The second kappa shape index (κ2) is 6.01. The second-order valence-electron chi connectivity index (χ2n) is 5.48. The molecule has 1 fully saturated rings. The molecular weight excluding hydrogens is 306 g/mol. The lowest BCUT2D eigenvalue weighted by molar-refractivity contribution is -0.127. The fourth-order valence-corrected chi connectivity index (χ4v) is 2.92. The minimum atomic E-state index is -0.408. The summed E-state index contributed by atoms with van der Waals surface area (Å²) in [5, 5.41) is 2.98. The number of hydrogen-bond acceptors (Lipinski definition) is 3. The molecule has 0 aromatic carbocycles. The molecule has 1 aliphatic rings. The largest absolute Gasteiger partial charge is 0.329 e. The van der Waals surface area contributed by atoms with Crippen LogP contribution in [0.3, 0.4) is 0 Å². The summed E-state index contributed by atoms with van der Waals surface area (Å²) >= 11 is 3.39. The summed E-state index contributed by atoms with van der Waals surface area (Å²) < 4.78 is 0.791. The molecule has 0 saturated heterocycles.